The number of carboxylic acids is 1. The SMILES string of the molecule is O=C(O)C1CC2(CCN2)CO1. The monoisotopic (exact) mass is 157 g/mol. The van der Waals surface area contributed by atoms with Crippen molar-refractivity contribution in [3.05, 3.63) is 0 Å². The molecule has 2 N–H and O–H groups in total. The quantitative estimate of drug-likeness (QED) is 0.543. The number of nitrogens with one attached hydrogen (secondary N) is 1. The summed E-state index contributed by atoms with van der Waals surface area (Å²) in [4.78, 5) is 10.5. The van der Waals surface area contributed by atoms with Crippen molar-refractivity contribution in [3.63, 3.8) is 0 Å². The molecular weight excluding hydrogens is 146 g/mol. The van der Waals surface area contributed by atoms with E-state index in [9.17, 15) is 4.79 Å². The van der Waals surface area contributed by atoms with Crippen LogP contribution in [0.15, 0.2) is 0 Å². The van der Waals surface area contributed by atoms with Crippen LogP contribution in [0, 0.1) is 0 Å². The molecular formula is C7H11NO3. The molecule has 0 aliphatic carbocycles. The maximum absolute atomic E-state index is 10.5. The second kappa shape index (κ2) is 2.19. The number of carboxylic acid groups (broad SMARTS) is 1. The first-order chi connectivity index (χ1) is 5.22. The molecule has 2 rings (SSSR count). The predicted molar refractivity (Wildman–Crippen MR) is 37.3 cm³/mol. The van der Waals surface area contributed by atoms with Gasteiger partial charge in [0, 0.05) is 12.0 Å². The van der Waals surface area contributed by atoms with Crippen LogP contribution >= 0.6 is 0 Å². The summed E-state index contributed by atoms with van der Waals surface area (Å²) >= 11 is 0. The Morgan fingerprint density at radius 2 is 2.45 bits per heavy atom. The van der Waals surface area contributed by atoms with Gasteiger partial charge in [-0.05, 0) is 13.0 Å². The number of hydrogen-bond donors (Lipinski definition) is 2. The zero-order valence-electron chi connectivity index (χ0n) is 6.17. The Hall–Kier alpha value is -0.610. The van der Waals surface area contributed by atoms with Crippen LogP contribution in [-0.2, 0) is 9.53 Å². The molecule has 0 bridgehead atoms. The van der Waals surface area contributed by atoms with E-state index in [2.05, 4.69) is 5.32 Å². The molecule has 4 heteroatoms. The average Bonchev–Trinajstić information content (AvgIpc) is 2.28. The van der Waals surface area contributed by atoms with Gasteiger partial charge in [0.2, 0.25) is 0 Å². The fourth-order valence-corrected chi connectivity index (χ4v) is 1.67. The van der Waals surface area contributed by atoms with Crippen LogP contribution in [0.1, 0.15) is 12.8 Å². The summed E-state index contributed by atoms with van der Waals surface area (Å²) in [6.45, 7) is 1.56. The lowest BCUT2D eigenvalue weighted by Crippen LogP contribution is -2.57. The standard InChI is InChI=1S/C7H11NO3/c9-6(10)5-3-7(4-11-5)1-2-8-7/h5,8H,1-4H2,(H,9,10). The minimum absolute atomic E-state index is 0.0169. The number of rotatable bonds is 1. The van der Waals surface area contributed by atoms with Crippen LogP contribution in [0.2, 0.25) is 0 Å². The van der Waals surface area contributed by atoms with Crippen molar-refractivity contribution in [2.45, 2.75) is 24.5 Å². The summed E-state index contributed by atoms with van der Waals surface area (Å²) in [6.07, 6.45) is 1.10. The molecule has 0 amide bonds. The van der Waals surface area contributed by atoms with E-state index in [4.69, 9.17) is 9.84 Å². The van der Waals surface area contributed by atoms with Gasteiger partial charge in [0.15, 0.2) is 6.10 Å². The number of carbonyl (C=O) groups is 1. The number of aliphatic carboxylic acids is 1. The molecule has 4 nitrogen and oxygen atoms in total. The molecule has 0 saturated carbocycles. The summed E-state index contributed by atoms with van der Waals surface area (Å²) in [5.41, 5.74) is 0.0169. The third-order valence-electron chi connectivity index (χ3n) is 2.52. The van der Waals surface area contributed by atoms with Crippen molar-refractivity contribution in [3.8, 4) is 0 Å². The second-order valence-electron chi connectivity index (χ2n) is 3.30. The zero-order chi connectivity index (χ0) is 7.90. The van der Waals surface area contributed by atoms with Crippen molar-refractivity contribution >= 4 is 5.97 Å². The van der Waals surface area contributed by atoms with Gasteiger partial charge in [-0.15, -0.1) is 0 Å². The van der Waals surface area contributed by atoms with E-state index in [1.807, 2.05) is 0 Å². The summed E-state index contributed by atoms with van der Waals surface area (Å²) < 4.78 is 5.11. The largest absolute Gasteiger partial charge is 0.479 e. The molecule has 2 aliphatic rings. The minimum atomic E-state index is -0.837. The van der Waals surface area contributed by atoms with Gasteiger partial charge in [-0.1, -0.05) is 0 Å². The van der Waals surface area contributed by atoms with Crippen molar-refractivity contribution in [2.75, 3.05) is 13.2 Å². The van der Waals surface area contributed by atoms with Crippen LogP contribution in [0.3, 0.4) is 0 Å². The van der Waals surface area contributed by atoms with Gasteiger partial charge in [-0.2, -0.15) is 0 Å². The third-order valence-corrected chi connectivity index (χ3v) is 2.52. The molecule has 2 fully saturated rings. The van der Waals surface area contributed by atoms with Gasteiger partial charge < -0.3 is 15.2 Å². The fraction of sp³-hybridized carbons (Fsp3) is 0.857. The highest BCUT2D eigenvalue weighted by molar-refractivity contribution is 5.73. The Morgan fingerprint density at radius 3 is 2.73 bits per heavy atom. The molecule has 0 aromatic heterocycles. The fourth-order valence-electron chi connectivity index (χ4n) is 1.67. The van der Waals surface area contributed by atoms with Crippen molar-refractivity contribution in [1.82, 2.24) is 5.32 Å². The highest BCUT2D eigenvalue weighted by atomic mass is 16.5. The van der Waals surface area contributed by atoms with E-state index in [-0.39, 0.29) is 5.54 Å². The lowest BCUT2D eigenvalue weighted by Gasteiger charge is -2.38. The van der Waals surface area contributed by atoms with Crippen molar-refractivity contribution in [2.24, 2.45) is 0 Å². The topological polar surface area (TPSA) is 58.6 Å². The van der Waals surface area contributed by atoms with Crippen LogP contribution in [0.25, 0.3) is 0 Å². The first kappa shape index (κ1) is 7.06. The van der Waals surface area contributed by atoms with Crippen molar-refractivity contribution in [1.29, 1.82) is 0 Å². The van der Waals surface area contributed by atoms with Crippen LogP contribution in [-0.4, -0.2) is 35.9 Å². The van der Waals surface area contributed by atoms with Gasteiger partial charge >= 0.3 is 5.97 Å². The smallest absolute Gasteiger partial charge is 0.332 e. The first-order valence-electron chi connectivity index (χ1n) is 3.81. The number of hydrogen-bond acceptors (Lipinski definition) is 3. The van der Waals surface area contributed by atoms with E-state index >= 15 is 0 Å². The molecule has 0 aromatic carbocycles. The van der Waals surface area contributed by atoms with Gasteiger partial charge in [0.05, 0.1) is 6.61 Å². The third kappa shape index (κ3) is 1.02. The molecule has 2 aliphatic heterocycles. The lowest BCUT2D eigenvalue weighted by molar-refractivity contribution is -0.147. The van der Waals surface area contributed by atoms with Gasteiger partial charge in [-0.3, -0.25) is 0 Å². The highest BCUT2D eigenvalue weighted by Gasteiger charge is 2.46. The zero-order valence-corrected chi connectivity index (χ0v) is 6.17. The van der Waals surface area contributed by atoms with E-state index in [0.717, 1.165) is 13.0 Å². The molecule has 0 radical (unpaired) electrons. The highest BCUT2D eigenvalue weighted by Crippen LogP contribution is 2.32. The normalized spacial score (nSPS) is 42.4. The molecule has 1 spiro atoms. The second-order valence-corrected chi connectivity index (χ2v) is 3.30. The number of ether oxygens (including phenoxy) is 1. The molecule has 0 aromatic rings. The summed E-state index contributed by atoms with van der Waals surface area (Å²) in [5, 5.41) is 11.8. The first-order valence-corrected chi connectivity index (χ1v) is 3.81. The van der Waals surface area contributed by atoms with Crippen LogP contribution in [0.5, 0.6) is 0 Å². The van der Waals surface area contributed by atoms with Gasteiger partial charge in [-0.25, -0.2) is 4.79 Å². The van der Waals surface area contributed by atoms with Crippen molar-refractivity contribution < 1.29 is 14.6 Å². The van der Waals surface area contributed by atoms with E-state index < -0.39 is 12.1 Å². The Balaban J connectivity index is 1.98. The molecule has 2 unspecified atom stereocenters. The Kier molecular flexibility index (Phi) is 1.40. The minimum Gasteiger partial charge on any atom is -0.479 e. The maximum Gasteiger partial charge on any atom is 0.332 e. The lowest BCUT2D eigenvalue weighted by atomic mass is 9.86. The Morgan fingerprint density at radius 1 is 1.73 bits per heavy atom. The predicted octanol–water partition coefficient (Wildman–Crippen LogP) is -0.408. The molecule has 11 heavy (non-hydrogen) atoms. The van der Waals surface area contributed by atoms with E-state index in [1.54, 1.807) is 0 Å². The molecule has 62 valence electrons. The van der Waals surface area contributed by atoms with Crippen LogP contribution in [0.4, 0.5) is 0 Å². The molecule has 2 saturated heterocycles. The molecule has 2 heterocycles. The summed E-state index contributed by atoms with van der Waals surface area (Å²) in [6, 6.07) is 0. The Labute approximate surface area is 64.5 Å². The maximum atomic E-state index is 10.5. The van der Waals surface area contributed by atoms with E-state index in [1.165, 1.54) is 0 Å². The van der Waals surface area contributed by atoms with Crippen LogP contribution < -0.4 is 5.32 Å². The Bertz CT molecular complexity index is 188. The van der Waals surface area contributed by atoms with Gasteiger partial charge in [0.1, 0.15) is 0 Å². The summed E-state index contributed by atoms with van der Waals surface area (Å²) in [7, 11) is 0. The van der Waals surface area contributed by atoms with Gasteiger partial charge in [0.25, 0.3) is 0 Å². The van der Waals surface area contributed by atoms with E-state index in [0.29, 0.717) is 13.0 Å². The average molecular weight is 157 g/mol. The summed E-state index contributed by atoms with van der Waals surface area (Å²) in [5.74, 6) is -0.837. The molecule has 2 atom stereocenters.